The van der Waals surface area contributed by atoms with Gasteiger partial charge in [-0.05, 0) is 0 Å². The summed E-state index contributed by atoms with van der Waals surface area (Å²) in [4.78, 5) is 71.9. The van der Waals surface area contributed by atoms with Gasteiger partial charge in [-0.2, -0.15) is 0 Å². The van der Waals surface area contributed by atoms with E-state index < -0.39 is 84.5 Å². The van der Waals surface area contributed by atoms with Gasteiger partial charge in [0.2, 0.25) is 5.69 Å². The number of nitrogens with zero attached hydrogens (tertiary/aromatic N) is 3. The molecule has 16 nitrogen and oxygen atoms in total. The maximum Gasteiger partial charge on any atom is 0.361 e. The van der Waals surface area contributed by atoms with Crippen molar-refractivity contribution in [2.45, 2.75) is 58.3 Å². The molecule has 2 heterocycles. The Balaban J connectivity index is 2.73. The quantitative estimate of drug-likeness (QED) is 0.305. The zero-order valence-electron chi connectivity index (χ0n) is 20.2. The van der Waals surface area contributed by atoms with E-state index in [4.69, 9.17) is 28.4 Å². The molecule has 1 saturated heterocycles. The minimum absolute atomic E-state index is 0.513. The first-order chi connectivity index (χ1) is 16.9. The monoisotopic (exact) mass is 515 g/mol. The topological polar surface area (TPSA) is 198 Å². The number of carbonyl (C=O) groups excluding carboxylic acids is 6. The second-order valence-electron chi connectivity index (χ2n) is 7.30. The minimum Gasteiger partial charge on any atom is -0.464 e. The Kier molecular flexibility index (Phi) is 9.43. The first-order valence-corrected chi connectivity index (χ1v) is 10.3. The van der Waals surface area contributed by atoms with E-state index in [0.717, 1.165) is 46.6 Å². The van der Waals surface area contributed by atoms with Crippen molar-refractivity contribution in [3.8, 4) is 0 Å². The smallest absolute Gasteiger partial charge is 0.361 e. The summed E-state index contributed by atoms with van der Waals surface area (Å²) >= 11 is 0. The van der Waals surface area contributed by atoms with Gasteiger partial charge in [0.05, 0.1) is 14.2 Å². The van der Waals surface area contributed by atoms with Crippen LogP contribution in [0.2, 0.25) is 0 Å². The molecule has 0 N–H and O–H groups in total. The molecule has 1 fully saturated rings. The molecule has 16 heteroatoms. The van der Waals surface area contributed by atoms with E-state index in [-0.39, 0.29) is 0 Å². The van der Waals surface area contributed by atoms with Crippen molar-refractivity contribution in [3.05, 3.63) is 11.4 Å². The van der Waals surface area contributed by atoms with Gasteiger partial charge >= 0.3 is 35.8 Å². The first kappa shape index (κ1) is 28.2. The predicted molar refractivity (Wildman–Crippen MR) is 110 cm³/mol. The van der Waals surface area contributed by atoms with Gasteiger partial charge in [0.25, 0.3) is 0 Å². The van der Waals surface area contributed by atoms with Crippen LogP contribution < -0.4 is 0 Å². The van der Waals surface area contributed by atoms with Crippen LogP contribution in [0.25, 0.3) is 0 Å². The van der Waals surface area contributed by atoms with Crippen molar-refractivity contribution in [1.29, 1.82) is 0 Å². The highest BCUT2D eigenvalue weighted by atomic mass is 16.7. The zero-order chi connectivity index (χ0) is 27.2. The van der Waals surface area contributed by atoms with Crippen LogP contribution in [0.5, 0.6) is 0 Å². The number of hydrogen-bond donors (Lipinski definition) is 0. The fraction of sp³-hybridized carbons (Fsp3) is 0.600. The number of aromatic nitrogens is 3. The lowest BCUT2D eigenvalue weighted by molar-refractivity contribution is -0.270. The second-order valence-corrected chi connectivity index (χ2v) is 7.30. The molecule has 1 aromatic rings. The van der Waals surface area contributed by atoms with Crippen LogP contribution in [0.3, 0.4) is 0 Å². The molecule has 1 aliphatic rings. The van der Waals surface area contributed by atoms with Gasteiger partial charge in [0.15, 0.2) is 30.2 Å². The number of carbonyl (C=O) groups is 6. The molecule has 0 radical (unpaired) electrons. The van der Waals surface area contributed by atoms with Crippen molar-refractivity contribution in [2.24, 2.45) is 0 Å². The third-order valence-corrected chi connectivity index (χ3v) is 4.66. The molecule has 0 unspecified atom stereocenters. The van der Waals surface area contributed by atoms with E-state index >= 15 is 0 Å². The number of ether oxygens (including phenoxy) is 7. The van der Waals surface area contributed by atoms with Gasteiger partial charge in [-0.1, -0.05) is 5.21 Å². The Bertz CT molecular complexity index is 1040. The van der Waals surface area contributed by atoms with Crippen LogP contribution in [0.15, 0.2) is 0 Å². The van der Waals surface area contributed by atoms with Crippen molar-refractivity contribution in [2.75, 3.05) is 20.8 Å². The highest BCUT2D eigenvalue weighted by Gasteiger charge is 2.54. The summed E-state index contributed by atoms with van der Waals surface area (Å²) in [7, 11) is 2.06. The molecule has 0 bridgehead atoms. The van der Waals surface area contributed by atoms with E-state index in [2.05, 4.69) is 15.0 Å². The Hall–Kier alpha value is -4.08. The predicted octanol–water partition coefficient (Wildman–Crippen LogP) is -0.893. The lowest BCUT2D eigenvalue weighted by Gasteiger charge is -2.44. The van der Waals surface area contributed by atoms with Gasteiger partial charge in [-0.3, -0.25) is 19.2 Å². The van der Waals surface area contributed by atoms with E-state index in [1.807, 2.05) is 0 Å². The number of esters is 6. The Labute approximate surface area is 204 Å². The summed E-state index contributed by atoms with van der Waals surface area (Å²) < 4.78 is 36.9. The highest BCUT2D eigenvalue weighted by Crippen LogP contribution is 2.35. The van der Waals surface area contributed by atoms with E-state index in [1.165, 1.54) is 0 Å². The largest absolute Gasteiger partial charge is 0.464 e. The van der Waals surface area contributed by atoms with Crippen LogP contribution in [-0.4, -0.2) is 96.1 Å². The lowest BCUT2D eigenvalue weighted by atomic mass is 9.97. The van der Waals surface area contributed by atoms with Gasteiger partial charge in [-0.25, -0.2) is 14.3 Å². The minimum atomic E-state index is -1.62. The fourth-order valence-electron chi connectivity index (χ4n) is 3.40. The molecule has 1 aliphatic heterocycles. The Morgan fingerprint density at radius 2 is 1.31 bits per heavy atom. The van der Waals surface area contributed by atoms with Crippen molar-refractivity contribution in [3.63, 3.8) is 0 Å². The summed E-state index contributed by atoms with van der Waals surface area (Å²) in [5.74, 6) is -5.41. The maximum atomic E-state index is 12.6. The van der Waals surface area contributed by atoms with Crippen molar-refractivity contribution < 1.29 is 61.9 Å². The summed E-state index contributed by atoms with van der Waals surface area (Å²) in [6.07, 6.45) is -7.51. The van der Waals surface area contributed by atoms with E-state index in [1.54, 1.807) is 0 Å². The van der Waals surface area contributed by atoms with Gasteiger partial charge in [0.1, 0.15) is 12.7 Å². The van der Waals surface area contributed by atoms with Gasteiger partial charge in [-0.15, -0.1) is 5.10 Å². The molecule has 0 amide bonds. The lowest BCUT2D eigenvalue weighted by Crippen LogP contribution is -2.61. The summed E-state index contributed by atoms with van der Waals surface area (Å²) in [6.45, 7) is 3.75. The number of rotatable bonds is 8. The van der Waals surface area contributed by atoms with Crippen LogP contribution in [-0.2, 0) is 52.3 Å². The number of hydrogen-bond acceptors (Lipinski definition) is 15. The van der Waals surface area contributed by atoms with Crippen LogP contribution in [0.1, 0.15) is 54.9 Å². The molecule has 2 rings (SSSR count). The zero-order valence-corrected chi connectivity index (χ0v) is 20.2. The Morgan fingerprint density at radius 1 is 0.778 bits per heavy atom. The maximum absolute atomic E-state index is 12.6. The SMILES string of the molecule is COC(=O)c1nnn([C@@H]2O[C@H](COC(C)=O)[C@@H](OC(C)=O)[C@H](OC(C)=O)[C@H]2OC(C)=O)c1C(=O)OC. The van der Waals surface area contributed by atoms with Crippen molar-refractivity contribution in [1.82, 2.24) is 15.0 Å². The molecule has 1 aromatic heterocycles. The molecule has 0 saturated carbocycles. The van der Waals surface area contributed by atoms with E-state index in [0.29, 0.717) is 0 Å². The molecule has 36 heavy (non-hydrogen) atoms. The van der Waals surface area contributed by atoms with Crippen LogP contribution >= 0.6 is 0 Å². The Morgan fingerprint density at radius 3 is 1.81 bits per heavy atom. The molecule has 0 aromatic carbocycles. The third kappa shape index (κ3) is 6.53. The van der Waals surface area contributed by atoms with Crippen LogP contribution in [0, 0.1) is 0 Å². The summed E-state index contributed by atoms with van der Waals surface area (Å²) in [5.41, 5.74) is -1.11. The first-order valence-electron chi connectivity index (χ1n) is 10.3. The molecular weight excluding hydrogens is 490 g/mol. The standard InChI is InChI=1S/C20H25N3O13/c1-8(24)32-7-12-15(33-9(2)25)16(34-10(3)26)17(35-11(4)27)18(36-12)23-14(20(29)31-6)13(21-22-23)19(28)30-5/h12,15-18H,7H2,1-6H3/t12-,15-,16+,17-,18-/m1/s1. The van der Waals surface area contributed by atoms with Gasteiger partial charge in [0, 0.05) is 27.7 Å². The molecular formula is C20H25N3O13. The normalized spacial score (nSPS) is 23.1. The average molecular weight is 515 g/mol. The molecule has 0 spiro atoms. The number of methoxy groups -OCH3 is 2. The molecule has 5 atom stereocenters. The fourth-order valence-corrected chi connectivity index (χ4v) is 3.40. The average Bonchev–Trinajstić information content (AvgIpc) is 3.23. The summed E-state index contributed by atoms with van der Waals surface area (Å²) in [5, 5.41) is 7.39. The van der Waals surface area contributed by atoms with Crippen molar-refractivity contribution >= 4 is 35.8 Å². The molecule has 198 valence electrons. The molecule has 0 aliphatic carbocycles. The second kappa shape index (κ2) is 12.1. The highest BCUT2D eigenvalue weighted by molar-refractivity contribution is 6.00. The van der Waals surface area contributed by atoms with Crippen LogP contribution in [0.4, 0.5) is 0 Å². The summed E-state index contributed by atoms with van der Waals surface area (Å²) in [6, 6.07) is 0. The third-order valence-electron chi connectivity index (χ3n) is 4.66. The van der Waals surface area contributed by atoms with Gasteiger partial charge < -0.3 is 33.2 Å². The van der Waals surface area contributed by atoms with E-state index in [9.17, 15) is 28.8 Å².